The smallest absolute Gasteiger partial charge is 0.130 e. The number of rotatable bonds is 7. The van der Waals surface area contributed by atoms with E-state index in [0.29, 0.717) is 12.5 Å². The van der Waals surface area contributed by atoms with Crippen LogP contribution < -0.4 is 0 Å². The zero-order valence-electron chi connectivity index (χ0n) is 13.8. The number of hydrogen-bond acceptors (Lipinski definition) is 2. The highest BCUT2D eigenvalue weighted by Gasteiger charge is 2.32. The van der Waals surface area contributed by atoms with E-state index in [-0.39, 0.29) is 11.4 Å². The Morgan fingerprint density at radius 3 is 2.35 bits per heavy atom. The molecule has 0 aromatic carbocycles. The van der Waals surface area contributed by atoms with Gasteiger partial charge in [0, 0.05) is 6.42 Å². The first-order valence-corrected chi connectivity index (χ1v) is 7.80. The van der Waals surface area contributed by atoms with E-state index in [2.05, 4.69) is 39.8 Å². The van der Waals surface area contributed by atoms with Gasteiger partial charge in [-0.1, -0.05) is 17.7 Å². The van der Waals surface area contributed by atoms with Crippen LogP contribution in [0.15, 0.2) is 23.3 Å². The highest BCUT2D eigenvalue weighted by molar-refractivity contribution is 5.75. The van der Waals surface area contributed by atoms with Gasteiger partial charge in [-0.25, -0.2) is 0 Å². The van der Waals surface area contributed by atoms with Crippen molar-refractivity contribution in [3.63, 3.8) is 0 Å². The van der Waals surface area contributed by atoms with Crippen molar-refractivity contribution in [2.24, 2.45) is 0 Å². The molecule has 0 unspecified atom stereocenters. The molecule has 0 bridgehead atoms. The third-order valence-electron chi connectivity index (χ3n) is 3.97. The molecule has 1 heterocycles. The lowest BCUT2D eigenvalue weighted by atomic mass is 10.0. The zero-order valence-corrected chi connectivity index (χ0v) is 13.8. The average molecular weight is 278 g/mol. The van der Waals surface area contributed by atoms with E-state index >= 15 is 0 Å². The Morgan fingerprint density at radius 2 is 1.80 bits per heavy atom. The van der Waals surface area contributed by atoms with E-state index in [1.165, 1.54) is 11.1 Å². The summed E-state index contributed by atoms with van der Waals surface area (Å²) >= 11 is 0. The van der Waals surface area contributed by atoms with Crippen molar-refractivity contribution in [3.8, 4) is 0 Å². The van der Waals surface area contributed by atoms with Crippen LogP contribution in [0, 0.1) is 0 Å². The van der Waals surface area contributed by atoms with Gasteiger partial charge in [0.05, 0.1) is 11.7 Å². The molecule has 0 N–H and O–H groups in total. The first-order valence-electron chi connectivity index (χ1n) is 7.80. The van der Waals surface area contributed by atoms with Gasteiger partial charge in [-0.05, 0) is 72.3 Å². The molecular formula is C18H30O2. The number of carbonyl (C=O) groups is 1. The van der Waals surface area contributed by atoms with Gasteiger partial charge in [-0.3, -0.25) is 0 Å². The molecule has 0 radical (unpaired) electrons. The van der Waals surface area contributed by atoms with Crippen LogP contribution in [0.25, 0.3) is 0 Å². The zero-order chi connectivity index (χ0) is 15.2. The number of Topliss-reactive ketones (excluding diaryl/α,β-unsaturated/α-hetero) is 1. The predicted octanol–water partition coefficient (Wildman–Crippen LogP) is 4.99. The van der Waals surface area contributed by atoms with E-state index < -0.39 is 0 Å². The summed E-state index contributed by atoms with van der Waals surface area (Å²) in [6.45, 7) is 10.3. The van der Waals surface area contributed by atoms with Gasteiger partial charge in [0.25, 0.3) is 0 Å². The summed E-state index contributed by atoms with van der Waals surface area (Å²) in [5, 5.41) is 0. The quantitative estimate of drug-likeness (QED) is 0.613. The van der Waals surface area contributed by atoms with E-state index in [1.807, 2.05) is 0 Å². The van der Waals surface area contributed by atoms with Crippen molar-refractivity contribution >= 4 is 5.78 Å². The lowest BCUT2D eigenvalue weighted by Gasteiger charge is -2.19. The monoisotopic (exact) mass is 278 g/mol. The van der Waals surface area contributed by atoms with Crippen LogP contribution in [0.2, 0.25) is 0 Å². The fourth-order valence-electron chi connectivity index (χ4n) is 2.59. The van der Waals surface area contributed by atoms with Gasteiger partial charge >= 0.3 is 0 Å². The molecule has 1 fully saturated rings. The number of carbonyl (C=O) groups excluding carboxylic acids is 1. The van der Waals surface area contributed by atoms with Crippen molar-refractivity contribution in [1.29, 1.82) is 0 Å². The molecule has 0 aliphatic carbocycles. The summed E-state index contributed by atoms with van der Waals surface area (Å²) in [5.74, 6) is 0.269. The third kappa shape index (κ3) is 6.51. The van der Waals surface area contributed by atoms with Crippen molar-refractivity contribution in [3.05, 3.63) is 23.3 Å². The molecule has 2 heteroatoms. The molecule has 1 rings (SSSR count). The second-order valence-corrected chi connectivity index (χ2v) is 6.68. The molecule has 0 saturated carbocycles. The largest absolute Gasteiger partial charge is 0.368 e. The Bertz CT molecular complexity index is 388. The number of ketones is 1. The minimum absolute atomic E-state index is 0.0439. The number of ether oxygens (including phenoxy) is 1. The molecular weight excluding hydrogens is 248 g/mol. The molecule has 2 nitrogen and oxygen atoms in total. The Hall–Kier alpha value is -0.890. The van der Waals surface area contributed by atoms with Gasteiger partial charge < -0.3 is 9.53 Å². The minimum atomic E-state index is 0.0439. The van der Waals surface area contributed by atoms with Crippen LogP contribution in [-0.4, -0.2) is 17.5 Å². The summed E-state index contributed by atoms with van der Waals surface area (Å²) < 4.78 is 6.04. The average Bonchev–Trinajstić information content (AvgIpc) is 2.69. The van der Waals surface area contributed by atoms with E-state index in [1.54, 1.807) is 6.92 Å². The lowest BCUT2D eigenvalue weighted by molar-refractivity contribution is -0.116. The van der Waals surface area contributed by atoms with Gasteiger partial charge in [0.15, 0.2) is 0 Å². The summed E-state index contributed by atoms with van der Waals surface area (Å²) in [6, 6.07) is 0. The van der Waals surface area contributed by atoms with Crippen molar-refractivity contribution in [2.45, 2.75) is 84.8 Å². The topological polar surface area (TPSA) is 26.3 Å². The summed E-state index contributed by atoms with van der Waals surface area (Å²) in [5.41, 5.74) is 2.79. The molecule has 20 heavy (non-hydrogen) atoms. The Kier molecular flexibility index (Phi) is 6.67. The normalized spacial score (nSPS) is 23.1. The van der Waals surface area contributed by atoms with E-state index in [4.69, 9.17) is 4.74 Å². The summed E-state index contributed by atoms with van der Waals surface area (Å²) in [7, 11) is 0. The second-order valence-electron chi connectivity index (χ2n) is 6.68. The van der Waals surface area contributed by atoms with Crippen LogP contribution in [0.3, 0.4) is 0 Å². The third-order valence-corrected chi connectivity index (χ3v) is 3.97. The van der Waals surface area contributed by atoms with Gasteiger partial charge in [0.1, 0.15) is 5.78 Å². The SMILES string of the molecule is CC(=O)CC/C=C(\C)CC/C=C(\C)[C@H]1CCC(C)(C)O1. The minimum Gasteiger partial charge on any atom is -0.368 e. The molecule has 1 aliphatic rings. The molecule has 1 atom stereocenters. The molecule has 0 aromatic rings. The van der Waals surface area contributed by atoms with Gasteiger partial charge in [-0.2, -0.15) is 0 Å². The van der Waals surface area contributed by atoms with Crippen molar-refractivity contribution in [1.82, 2.24) is 0 Å². The summed E-state index contributed by atoms with van der Waals surface area (Å²) in [4.78, 5) is 10.9. The number of hydrogen-bond donors (Lipinski definition) is 0. The fraction of sp³-hybridized carbons (Fsp3) is 0.722. The van der Waals surface area contributed by atoms with Crippen LogP contribution in [0.1, 0.15) is 73.1 Å². The Morgan fingerprint density at radius 1 is 1.15 bits per heavy atom. The maximum Gasteiger partial charge on any atom is 0.130 e. The van der Waals surface area contributed by atoms with Crippen molar-refractivity contribution < 1.29 is 9.53 Å². The number of allylic oxidation sites excluding steroid dienone is 3. The molecule has 0 amide bonds. The second kappa shape index (κ2) is 7.78. The molecule has 1 aliphatic heterocycles. The first kappa shape index (κ1) is 17.2. The fourth-order valence-corrected chi connectivity index (χ4v) is 2.59. The van der Waals surface area contributed by atoms with Crippen LogP contribution in [0.5, 0.6) is 0 Å². The summed E-state index contributed by atoms with van der Waals surface area (Å²) in [6.07, 6.45) is 10.8. The standard InChI is InChI=1S/C18H30O2/c1-14(9-7-11-16(3)19)8-6-10-15(2)17-12-13-18(4,5)20-17/h9-10,17H,6-8,11-13H2,1-5H3/b14-9+,15-10+/t17-/m1/s1. The van der Waals surface area contributed by atoms with Gasteiger partial charge in [-0.15, -0.1) is 0 Å². The van der Waals surface area contributed by atoms with Crippen molar-refractivity contribution in [2.75, 3.05) is 0 Å². The van der Waals surface area contributed by atoms with E-state index in [0.717, 1.165) is 32.1 Å². The maximum absolute atomic E-state index is 10.9. The Labute approximate surface area is 124 Å². The van der Waals surface area contributed by atoms with Crippen LogP contribution in [-0.2, 0) is 9.53 Å². The molecule has 0 spiro atoms. The van der Waals surface area contributed by atoms with Crippen LogP contribution in [0.4, 0.5) is 0 Å². The first-order chi connectivity index (χ1) is 9.30. The molecule has 114 valence electrons. The highest BCUT2D eigenvalue weighted by Crippen LogP contribution is 2.32. The van der Waals surface area contributed by atoms with Gasteiger partial charge in [0.2, 0.25) is 0 Å². The molecule has 1 saturated heterocycles. The highest BCUT2D eigenvalue weighted by atomic mass is 16.5. The maximum atomic E-state index is 10.9. The van der Waals surface area contributed by atoms with E-state index in [9.17, 15) is 4.79 Å². The molecule has 0 aromatic heterocycles. The Balaban J connectivity index is 2.31. The predicted molar refractivity (Wildman–Crippen MR) is 84.8 cm³/mol. The lowest BCUT2D eigenvalue weighted by Crippen LogP contribution is -2.20. The van der Waals surface area contributed by atoms with Crippen LogP contribution >= 0.6 is 0 Å².